The molecule has 0 radical (unpaired) electrons. The first-order valence-electron chi connectivity index (χ1n) is 6.93. The Morgan fingerprint density at radius 2 is 1.75 bits per heavy atom. The van der Waals surface area contributed by atoms with E-state index in [2.05, 4.69) is 4.72 Å². The molecule has 2 rings (SSSR count). The number of anilines is 2. The van der Waals surface area contributed by atoms with Gasteiger partial charge in [-0.15, -0.1) is 0 Å². The Balaban J connectivity index is 2.32. The average Bonchev–Trinajstić information content (AvgIpc) is 2.48. The molecule has 2 aromatic carbocycles. The van der Waals surface area contributed by atoms with Crippen LogP contribution in [-0.2, 0) is 21.2 Å². The second kappa shape index (κ2) is 6.71. The van der Waals surface area contributed by atoms with E-state index in [1.54, 1.807) is 0 Å². The molecule has 0 heterocycles. The average molecular weight is 348 g/mol. The normalized spacial score (nSPS) is 11.0. The first-order chi connectivity index (χ1) is 11.2. The van der Waals surface area contributed by atoms with Gasteiger partial charge in [0.15, 0.2) is 5.78 Å². The number of carboxylic acids is 1. The van der Waals surface area contributed by atoms with Crippen LogP contribution in [-0.4, -0.2) is 25.3 Å². The predicted octanol–water partition coefficient (Wildman–Crippen LogP) is 1.90. The molecule has 0 aromatic heterocycles. The molecule has 126 valence electrons. The van der Waals surface area contributed by atoms with Gasteiger partial charge in [-0.3, -0.25) is 14.3 Å². The van der Waals surface area contributed by atoms with Gasteiger partial charge in [0.05, 0.1) is 11.3 Å². The summed E-state index contributed by atoms with van der Waals surface area (Å²) in [7, 11) is -3.98. The molecule has 0 saturated heterocycles. The van der Waals surface area contributed by atoms with E-state index in [1.807, 2.05) is 0 Å². The predicted molar refractivity (Wildman–Crippen MR) is 89.4 cm³/mol. The van der Waals surface area contributed by atoms with Gasteiger partial charge in [0.1, 0.15) is 0 Å². The van der Waals surface area contributed by atoms with Crippen LogP contribution in [0.2, 0.25) is 0 Å². The number of rotatable bonds is 6. The minimum absolute atomic E-state index is 0.00463. The minimum Gasteiger partial charge on any atom is -0.481 e. The number of sulfonamides is 1. The maximum Gasteiger partial charge on any atom is 0.307 e. The van der Waals surface area contributed by atoms with Crippen molar-refractivity contribution in [2.45, 2.75) is 18.2 Å². The smallest absolute Gasteiger partial charge is 0.307 e. The van der Waals surface area contributed by atoms with Gasteiger partial charge < -0.3 is 10.8 Å². The Morgan fingerprint density at radius 3 is 2.29 bits per heavy atom. The number of ketones is 1. The van der Waals surface area contributed by atoms with Crippen LogP contribution in [0.15, 0.2) is 47.4 Å². The molecule has 2 aromatic rings. The molecule has 0 atom stereocenters. The summed E-state index contributed by atoms with van der Waals surface area (Å²) in [5.41, 5.74) is 6.70. The van der Waals surface area contributed by atoms with Crippen LogP contribution >= 0.6 is 0 Å². The Hall–Kier alpha value is -2.87. The lowest BCUT2D eigenvalue weighted by Crippen LogP contribution is -2.16. The zero-order valence-corrected chi connectivity index (χ0v) is 13.6. The highest BCUT2D eigenvalue weighted by atomic mass is 32.2. The fraction of sp³-hybridized carbons (Fsp3) is 0.125. The summed E-state index contributed by atoms with van der Waals surface area (Å²) >= 11 is 0. The molecular weight excluding hydrogens is 332 g/mol. The van der Waals surface area contributed by atoms with E-state index in [0.717, 1.165) is 0 Å². The number of benzene rings is 2. The van der Waals surface area contributed by atoms with Crippen molar-refractivity contribution in [2.75, 3.05) is 10.5 Å². The summed E-state index contributed by atoms with van der Waals surface area (Å²) in [5.74, 6) is -1.39. The highest BCUT2D eigenvalue weighted by molar-refractivity contribution is 7.92. The summed E-state index contributed by atoms with van der Waals surface area (Å²) < 4.78 is 27.4. The van der Waals surface area contributed by atoms with Gasteiger partial charge in [-0.25, -0.2) is 8.42 Å². The molecule has 8 heteroatoms. The van der Waals surface area contributed by atoms with Gasteiger partial charge >= 0.3 is 5.97 Å². The van der Waals surface area contributed by atoms with Gasteiger partial charge in [0.2, 0.25) is 0 Å². The van der Waals surface area contributed by atoms with Crippen molar-refractivity contribution in [3.05, 3.63) is 53.6 Å². The molecular formula is C16H16N2O5S. The molecule has 24 heavy (non-hydrogen) atoms. The molecule has 4 N–H and O–H groups in total. The maximum absolute atomic E-state index is 12.5. The third-order valence-electron chi connectivity index (χ3n) is 3.23. The Morgan fingerprint density at radius 1 is 1.12 bits per heavy atom. The second-order valence-corrected chi connectivity index (χ2v) is 6.84. The summed E-state index contributed by atoms with van der Waals surface area (Å²) in [5, 5.41) is 8.72. The van der Waals surface area contributed by atoms with E-state index in [0.29, 0.717) is 5.56 Å². The quantitative estimate of drug-likeness (QED) is 0.540. The van der Waals surface area contributed by atoms with Gasteiger partial charge in [-0.2, -0.15) is 0 Å². The topological polar surface area (TPSA) is 127 Å². The van der Waals surface area contributed by atoms with E-state index in [-0.39, 0.29) is 28.3 Å². The van der Waals surface area contributed by atoms with Crippen molar-refractivity contribution in [1.29, 1.82) is 0 Å². The van der Waals surface area contributed by atoms with Crippen LogP contribution in [0.25, 0.3) is 0 Å². The fourth-order valence-corrected chi connectivity index (χ4v) is 3.43. The first-order valence-corrected chi connectivity index (χ1v) is 8.41. The van der Waals surface area contributed by atoms with E-state index in [4.69, 9.17) is 10.8 Å². The van der Waals surface area contributed by atoms with E-state index < -0.39 is 21.8 Å². The molecule has 0 spiro atoms. The molecule has 0 bridgehead atoms. The number of Topliss-reactive ketones (excluding diaryl/α,β-unsaturated/α-hetero) is 1. The van der Waals surface area contributed by atoms with Crippen LogP contribution in [0.1, 0.15) is 22.8 Å². The third-order valence-corrected chi connectivity index (χ3v) is 4.67. The minimum atomic E-state index is -3.98. The van der Waals surface area contributed by atoms with Crippen molar-refractivity contribution in [1.82, 2.24) is 0 Å². The number of aliphatic carboxylic acids is 1. The Kier molecular flexibility index (Phi) is 4.89. The largest absolute Gasteiger partial charge is 0.481 e. The number of nitrogen functional groups attached to an aromatic ring is 1. The van der Waals surface area contributed by atoms with E-state index in [1.165, 1.54) is 49.4 Å². The highest BCUT2D eigenvalue weighted by Crippen LogP contribution is 2.22. The van der Waals surface area contributed by atoms with Crippen molar-refractivity contribution >= 4 is 33.2 Å². The molecule has 0 saturated carbocycles. The number of nitrogens with two attached hydrogens (primary N) is 1. The van der Waals surface area contributed by atoms with Crippen LogP contribution < -0.4 is 10.5 Å². The second-order valence-electron chi connectivity index (χ2n) is 5.18. The lowest BCUT2D eigenvalue weighted by molar-refractivity contribution is -0.136. The summed E-state index contributed by atoms with van der Waals surface area (Å²) in [6.07, 6.45) is -0.153. The van der Waals surface area contributed by atoms with Crippen LogP contribution in [0.5, 0.6) is 0 Å². The van der Waals surface area contributed by atoms with E-state index in [9.17, 15) is 18.0 Å². The number of nitrogens with one attached hydrogen (secondary N) is 1. The zero-order chi connectivity index (χ0) is 17.9. The Labute approximate surface area is 139 Å². The molecule has 0 fully saturated rings. The van der Waals surface area contributed by atoms with Gasteiger partial charge in [0.25, 0.3) is 10.0 Å². The van der Waals surface area contributed by atoms with Crippen LogP contribution in [0.3, 0.4) is 0 Å². The highest BCUT2D eigenvalue weighted by Gasteiger charge is 2.21. The first kappa shape index (κ1) is 17.5. The number of hydrogen-bond acceptors (Lipinski definition) is 5. The molecule has 0 aliphatic rings. The maximum atomic E-state index is 12.5. The van der Waals surface area contributed by atoms with Gasteiger partial charge in [0, 0.05) is 16.9 Å². The third kappa shape index (κ3) is 4.11. The number of carbonyl (C=O) groups is 2. The van der Waals surface area contributed by atoms with E-state index >= 15 is 0 Å². The monoisotopic (exact) mass is 348 g/mol. The van der Waals surface area contributed by atoms with Crippen molar-refractivity contribution < 1.29 is 23.1 Å². The number of carbonyl (C=O) groups excluding carboxylic acids is 1. The van der Waals surface area contributed by atoms with Crippen molar-refractivity contribution in [2.24, 2.45) is 0 Å². The Bertz CT molecular complexity index is 889. The van der Waals surface area contributed by atoms with Crippen molar-refractivity contribution in [3.8, 4) is 0 Å². The molecule has 0 amide bonds. The molecule has 0 unspecified atom stereocenters. The molecule has 0 aliphatic carbocycles. The standard InChI is InChI=1S/C16H16N2O5S/c1-10(19)14-9-12(17)4-7-15(14)24(22,23)18-13-5-2-11(3-6-13)8-16(20)21/h2-7,9,18H,8,17H2,1H3,(H,20,21). The lowest BCUT2D eigenvalue weighted by atomic mass is 10.1. The fourth-order valence-electron chi connectivity index (χ4n) is 2.13. The number of hydrogen-bond donors (Lipinski definition) is 3. The SMILES string of the molecule is CC(=O)c1cc(N)ccc1S(=O)(=O)Nc1ccc(CC(=O)O)cc1. The zero-order valence-electron chi connectivity index (χ0n) is 12.8. The van der Waals surface area contributed by atoms with Gasteiger partial charge in [-0.1, -0.05) is 12.1 Å². The van der Waals surface area contributed by atoms with Crippen molar-refractivity contribution in [3.63, 3.8) is 0 Å². The lowest BCUT2D eigenvalue weighted by Gasteiger charge is -2.12. The van der Waals surface area contributed by atoms with Crippen LogP contribution in [0, 0.1) is 0 Å². The van der Waals surface area contributed by atoms with Gasteiger partial charge in [-0.05, 0) is 42.8 Å². The van der Waals surface area contributed by atoms with Crippen LogP contribution in [0.4, 0.5) is 11.4 Å². The molecule has 0 aliphatic heterocycles. The molecule has 7 nitrogen and oxygen atoms in total. The summed E-state index contributed by atoms with van der Waals surface area (Å²) in [6.45, 7) is 1.26. The summed E-state index contributed by atoms with van der Waals surface area (Å²) in [6, 6.07) is 9.93. The number of carboxylic acid groups (broad SMARTS) is 1. The summed E-state index contributed by atoms with van der Waals surface area (Å²) in [4.78, 5) is 22.1.